The minimum absolute atomic E-state index is 0.0526. The second-order valence-electron chi connectivity index (χ2n) is 7.39. The Kier molecular flexibility index (Phi) is 3.26. The molecule has 0 radical (unpaired) electrons. The Bertz CT molecular complexity index is 747. The average molecular weight is 314 g/mol. The molecule has 22 heavy (non-hydrogen) atoms. The predicted molar refractivity (Wildman–Crippen MR) is 90.5 cm³/mol. The molecule has 4 bridgehead atoms. The van der Waals surface area contributed by atoms with Crippen LogP contribution in [0, 0.1) is 11.3 Å². The topological polar surface area (TPSA) is 42.0 Å². The average Bonchev–Trinajstić information content (AvgIpc) is 2.90. The highest BCUT2D eigenvalue weighted by atomic mass is 32.1. The van der Waals surface area contributed by atoms with E-state index in [1.54, 1.807) is 0 Å². The first-order chi connectivity index (χ1) is 10.5. The number of fused-ring (bicyclic) bond motifs is 2. The van der Waals surface area contributed by atoms with E-state index in [2.05, 4.69) is 25.2 Å². The van der Waals surface area contributed by atoms with Gasteiger partial charge < -0.3 is 5.32 Å². The van der Waals surface area contributed by atoms with Gasteiger partial charge in [0, 0.05) is 17.6 Å². The fourth-order valence-electron chi connectivity index (χ4n) is 3.94. The lowest BCUT2D eigenvalue weighted by Crippen LogP contribution is -2.31. The summed E-state index contributed by atoms with van der Waals surface area (Å²) in [5.41, 5.74) is 2.98. The van der Waals surface area contributed by atoms with Crippen molar-refractivity contribution in [3.05, 3.63) is 28.3 Å². The van der Waals surface area contributed by atoms with Gasteiger partial charge in [0.15, 0.2) is 0 Å². The number of hydrogen-bond acceptors (Lipinski definition) is 3. The summed E-state index contributed by atoms with van der Waals surface area (Å²) in [7, 11) is 0. The van der Waals surface area contributed by atoms with Crippen LogP contribution < -0.4 is 5.32 Å². The monoisotopic (exact) mass is 314 g/mol. The number of aromatic nitrogens is 1. The normalized spacial score (nSPS) is 24.1. The zero-order valence-corrected chi connectivity index (χ0v) is 14.1. The summed E-state index contributed by atoms with van der Waals surface area (Å²) in [6.07, 6.45) is 5.68. The Balaban J connectivity index is 1.84. The molecule has 1 amide bonds. The lowest BCUT2D eigenvalue weighted by atomic mass is 9.68. The molecule has 2 aromatic rings. The summed E-state index contributed by atoms with van der Waals surface area (Å²) >= 11 is 1.52. The molecule has 2 aromatic heterocycles. The standard InChI is InChI=1S/C18H22N2OS/c1-18(2)6-3-7-19-16(21)15-10-12-8-11-9-13(18)4-5-14(11)20-17(12)22-15/h8,10,13H,3-7,9H2,1-2H3,(H,19,21). The highest BCUT2D eigenvalue weighted by Crippen LogP contribution is 2.41. The molecule has 1 atom stereocenters. The van der Waals surface area contributed by atoms with E-state index in [0.717, 1.165) is 47.3 Å². The van der Waals surface area contributed by atoms with Crippen molar-refractivity contribution in [2.24, 2.45) is 11.3 Å². The maximum absolute atomic E-state index is 12.3. The van der Waals surface area contributed by atoms with Gasteiger partial charge in [0.25, 0.3) is 5.91 Å². The summed E-state index contributed by atoms with van der Waals surface area (Å²) in [6.45, 7) is 5.54. The number of amides is 1. The highest BCUT2D eigenvalue weighted by Gasteiger charge is 2.33. The molecular formula is C18H22N2OS. The van der Waals surface area contributed by atoms with E-state index >= 15 is 0 Å². The van der Waals surface area contributed by atoms with Crippen LogP contribution in [0.15, 0.2) is 12.1 Å². The SMILES string of the molecule is CC1(C)CCCNC(=O)c2cc3cc4c(nc3s2)CCC1C4. The number of pyridine rings is 1. The fourth-order valence-corrected chi connectivity index (χ4v) is 4.89. The Morgan fingerprint density at radius 1 is 1.36 bits per heavy atom. The van der Waals surface area contributed by atoms with Crippen LogP contribution in [0.25, 0.3) is 10.2 Å². The van der Waals surface area contributed by atoms with E-state index in [1.165, 1.54) is 29.0 Å². The molecule has 1 aliphatic carbocycles. The molecular weight excluding hydrogens is 292 g/mol. The molecule has 3 heterocycles. The molecule has 0 saturated heterocycles. The molecule has 3 nitrogen and oxygen atoms in total. The molecule has 0 saturated carbocycles. The second kappa shape index (κ2) is 5.05. The minimum atomic E-state index is 0.0526. The lowest BCUT2D eigenvalue weighted by Gasteiger charge is -2.37. The zero-order chi connectivity index (χ0) is 15.3. The summed E-state index contributed by atoms with van der Waals surface area (Å²) < 4.78 is 0. The number of nitrogens with zero attached hydrogens (tertiary/aromatic N) is 1. The van der Waals surface area contributed by atoms with Crippen LogP contribution >= 0.6 is 11.3 Å². The van der Waals surface area contributed by atoms with Gasteiger partial charge in [-0.05, 0) is 61.1 Å². The van der Waals surface area contributed by atoms with E-state index < -0.39 is 0 Å². The number of carbonyl (C=O) groups is 1. The summed E-state index contributed by atoms with van der Waals surface area (Å²) in [6, 6.07) is 4.29. The van der Waals surface area contributed by atoms with Gasteiger partial charge in [0.1, 0.15) is 4.83 Å². The van der Waals surface area contributed by atoms with Gasteiger partial charge in [-0.1, -0.05) is 13.8 Å². The van der Waals surface area contributed by atoms with Gasteiger partial charge >= 0.3 is 0 Å². The Morgan fingerprint density at radius 3 is 3.09 bits per heavy atom. The van der Waals surface area contributed by atoms with E-state index in [9.17, 15) is 4.79 Å². The van der Waals surface area contributed by atoms with E-state index in [0.29, 0.717) is 11.3 Å². The molecule has 1 aliphatic heterocycles. The zero-order valence-electron chi connectivity index (χ0n) is 13.2. The minimum Gasteiger partial charge on any atom is -0.351 e. The summed E-state index contributed by atoms with van der Waals surface area (Å²) in [5, 5.41) is 4.20. The lowest BCUT2D eigenvalue weighted by molar-refractivity contribution is 0.0952. The van der Waals surface area contributed by atoms with Gasteiger partial charge in [0.05, 0.1) is 4.88 Å². The molecule has 2 aliphatic rings. The first-order valence-electron chi connectivity index (χ1n) is 8.23. The molecule has 0 fully saturated rings. The van der Waals surface area contributed by atoms with Crippen LogP contribution in [-0.2, 0) is 12.8 Å². The molecule has 4 rings (SSSR count). The van der Waals surface area contributed by atoms with E-state index in [1.807, 2.05) is 6.07 Å². The molecule has 0 aromatic carbocycles. The number of rotatable bonds is 0. The Labute approximate surface area is 135 Å². The number of thiophene rings is 1. The number of carbonyl (C=O) groups excluding carboxylic acids is 1. The smallest absolute Gasteiger partial charge is 0.261 e. The van der Waals surface area contributed by atoms with E-state index in [-0.39, 0.29) is 5.91 Å². The van der Waals surface area contributed by atoms with Crippen LogP contribution in [0.1, 0.15) is 54.0 Å². The van der Waals surface area contributed by atoms with Gasteiger partial charge in [0.2, 0.25) is 0 Å². The van der Waals surface area contributed by atoms with Gasteiger partial charge in [-0.15, -0.1) is 11.3 Å². The highest BCUT2D eigenvalue weighted by molar-refractivity contribution is 7.20. The van der Waals surface area contributed by atoms with Crippen LogP contribution in [0.4, 0.5) is 0 Å². The molecule has 1 unspecified atom stereocenters. The van der Waals surface area contributed by atoms with Gasteiger partial charge in [-0.25, -0.2) is 4.98 Å². The third kappa shape index (κ3) is 2.34. The first-order valence-corrected chi connectivity index (χ1v) is 9.05. The molecule has 116 valence electrons. The second-order valence-corrected chi connectivity index (χ2v) is 8.42. The Morgan fingerprint density at radius 2 is 2.23 bits per heavy atom. The van der Waals surface area contributed by atoms with Crippen LogP contribution in [0.2, 0.25) is 0 Å². The van der Waals surface area contributed by atoms with Crippen molar-refractivity contribution in [3.63, 3.8) is 0 Å². The van der Waals surface area contributed by atoms with Crippen molar-refractivity contribution in [1.82, 2.24) is 10.3 Å². The molecule has 1 N–H and O–H groups in total. The largest absolute Gasteiger partial charge is 0.351 e. The predicted octanol–water partition coefficient (Wildman–Crippen LogP) is 3.95. The summed E-state index contributed by atoms with van der Waals surface area (Å²) in [4.78, 5) is 18.9. The van der Waals surface area contributed by atoms with Crippen LogP contribution in [-0.4, -0.2) is 17.4 Å². The van der Waals surface area contributed by atoms with Gasteiger partial charge in [-0.2, -0.15) is 0 Å². The van der Waals surface area contributed by atoms with Crippen molar-refractivity contribution in [2.45, 2.75) is 46.0 Å². The van der Waals surface area contributed by atoms with Crippen molar-refractivity contribution in [2.75, 3.05) is 6.54 Å². The molecule has 4 heteroatoms. The third-order valence-electron chi connectivity index (χ3n) is 5.49. The van der Waals surface area contributed by atoms with Crippen molar-refractivity contribution >= 4 is 27.5 Å². The quantitative estimate of drug-likeness (QED) is 0.800. The van der Waals surface area contributed by atoms with Gasteiger partial charge in [-0.3, -0.25) is 4.79 Å². The van der Waals surface area contributed by atoms with E-state index in [4.69, 9.17) is 4.98 Å². The Hall–Kier alpha value is -1.42. The third-order valence-corrected chi connectivity index (χ3v) is 6.53. The summed E-state index contributed by atoms with van der Waals surface area (Å²) in [5.74, 6) is 0.769. The van der Waals surface area contributed by atoms with Crippen LogP contribution in [0.5, 0.6) is 0 Å². The first kappa shape index (κ1) is 14.2. The van der Waals surface area contributed by atoms with Crippen molar-refractivity contribution < 1.29 is 4.79 Å². The van der Waals surface area contributed by atoms with Crippen molar-refractivity contribution in [3.8, 4) is 0 Å². The maximum atomic E-state index is 12.3. The van der Waals surface area contributed by atoms with Crippen LogP contribution in [0.3, 0.4) is 0 Å². The number of nitrogens with one attached hydrogen (secondary N) is 1. The molecule has 0 spiro atoms. The fraction of sp³-hybridized carbons (Fsp3) is 0.556. The number of hydrogen-bond donors (Lipinski definition) is 1. The maximum Gasteiger partial charge on any atom is 0.261 e. The van der Waals surface area contributed by atoms with Crippen molar-refractivity contribution in [1.29, 1.82) is 0 Å². The number of aryl methyl sites for hydroxylation is 1.